The number of rotatable bonds is 3. The molecule has 0 unspecified atom stereocenters. The predicted octanol–water partition coefficient (Wildman–Crippen LogP) is 2.75. The normalized spacial score (nSPS) is 25.7. The Hall–Kier alpha value is -0.660. The van der Waals surface area contributed by atoms with Crippen LogP contribution in [0.3, 0.4) is 0 Å². The lowest BCUT2D eigenvalue weighted by molar-refractivity contribution is -0.137. The molecule has 3 nitrogen and oxygen atoms in total. The van der Waals surface area contributed by atoms with Crippen LogP contribution in [0, 0.1) is 5.92 Å². The maximum absolute atomic E-state index is 12.5. The molecule has 1 saturated heterocycles. The molecule has 2 atom stereocenters. The van der Waals surface area contributed by atoms with Crippen molar-refractivity contribution in [2.75, 3.05) is 13.2 Å². The molecule has 108 valence electrons. The van der Waals surface area contributed by atoms with Crippen LogP contribution in [0.4, 0.5) is 13.2 Å². The number of nitrogens with zero attached hydrogens (tertiary/aromatic N) is 2. The molecular formula is C12H17F3N2OS. The minimum atomic E-state index is -4.35. The standard InChI is InChI=1S/C12H17F3N2OS/c1-8-4-9(7-18)2-3-17(8)6-10-5-16-11(19-10)12(13,14)15/h5,8-9,18H,2-4,6-7H2,1H3/t8-,9-/m0/s1. The van der Waals surface area contributed by atoms with E-state index in [9.17, 15) is 13.2 Å². The molecule has 2 rings (SSSR count). The zero-order chi connectivity index (χ0) is 14.0. The van der Waals surface area contributed by atoms with E-state index in [1.54, 1.807) is 0 Å². The van der Waals surface area contributed by atoms with E-state index < -0.39 is 11.2 Å². The highest BCUT2D eigenvalue weighted by Crippen LogP contribution is 2.33. The van der Waals surface area contributed by atoms with E-state index in [0.717, 1.165) is 19.4 Å². The molecule has 19 heavy (non-hydrogen) atoms. The second-order valence-electron chi connectivity index (χ2n) is 5.02. The van der Waals surface area contributed by atoms with Gasteiger partial charge in [-0.2, -0.15) is 13.2 Å². The van der Waals surface area contributed by atoms with E-state index in [1.807, 2.05) is 6.92 Å². The maximum atomic E-state index is 12.5. The summed E-state index contributed by atoms with van der Waals surface area (Å²) in [6, 6.07) is 0.280. The summed E-state index contributed by atoms with van der Waals surface area (Å²) in [5, 5.41) is 8.35. The molecule has 2 heterocycles. The summed E-state index contributed by atoms with van der Waals surface area (Å²) in [4.78, 5) is 6.23. The van der Waals surface area contributed by atoms with E-state index in [1.165, 1.54) is 6.20 Å². The molecule has 0 bridgehead atoms. The van der Waals surface area contributed by atoms with Gasteiger partial charge in [-0.25, -0.2) is 4.98 Å². The van der Waals surface area contributed by atoms with Crippen LogP contribution in [0.25, 0.3) is 0 Å². The van der Waals surface area contributed by atoms with Gasteiger partial charge >= 0.3 is 6.18 Å². The van der Waals surface area contributed by atoms with E-state index in [-0.39, 0.29) is 12.6 Å². The number of thiazole rings is 1. The summed E-state index contributed by atoms with van der Waals surface area (Å²) < 4.78 is 37.4. The summed E-state index contributed by atoms with van der Waals surface area (Å²) in [6.45, 7) is 3.56. The molecule has 7 heteroatoms. The molecule has 0 saturated carbocycles. The number of aromatic nitrogens is 1. The van der Waals surface area contributed by atoms with Gasteiger partial charge in [0.05, 0.1) is 0 Å². The molecule has 1 fully saturated rings. The molecule has 0 aromatic carbocycles. The molecule has 0 radical (unpaired) electrons. The van der Waals surface area contributed by atoms with E-state index in [0.29, 0.717) is 28.7 Å². The lowest BCUT2D eigenvalue weighted by Crippen LogP contribution is -2.40. The van der Waals surface area contributed by atoms with Gasteiger partial charge in [0, 0.05) is 30.3 Å². The Balaban J connectivity index is 1.96. The molecule has 0 amide bonds. The van der Waals surface area contributed by atoms with Crippen molar-refractivity contribution in [1.29, 1.82) is 0 Å². The topological polar surface area (TPSA) is 36.4 Å². The quantitative estimate of drug-likeness (QED) is 0.931. The third kappa shape index (κ3) is 3.67. The molecule has 0 aliphatic carbocycles. The Bertz CT molecular complexity index is 421. The van der Waals surface area contributed by atoms with Crippen molar-refractivity contribution in [2.45, 2.75) is 38.5 Å². The Morgan fingerprint density at radius 3 is 2.79 bits per heavy atom. The average Bonchev–Trinajstić information content (AvgIpc) is 2.80. The van der Waals surface area contributed by atoms with Gasteiger partial charge in [0.15, 0.2) is 5.01 Å². The monoisotopic (exact) mass is 294 g/mol. The van der Waals surface area contributed by atoms with Gasteiger partial charge in [-0.15, -0.1) is 11.3 Å². The molecule has 1 aromatic rings. The van der Waals surface area contributed by atoms with Crippen molar-refractivity contribution in [1.82, 2.24) is 9.88 Å². The predicted molar refractivity (Wildman–Crippen MR) is 66.8 cm³/mol. The Kier molecular flexibility index (Phi) is 4.47. The lowest BCUT2D eigenvalue weighted by atomic mass is 9.92. The van der Waals surface area contributed by atoms with Crippen LogP contribution in [0.2, 0.25) is 0 Å². The van der Waals surface area contributed by atoms with Gasteiger partial charge in [0.2, 0.25) is 0 Å². The highest BCUT2D eigenvalue weighted by Gasteiger charge is 2.35. The number of piperidine rings is 1. The van der Waals surface area contributed by atoms with Gasteiger partial charge in [-0.05, 0) is 32.2 Å². The van der Waals surface area contributed by atoms with Crippen LogP contribution in [0.5, 0.6) is 0 Å². The number of hydrogen-bond acceptors (Lipinski definition) is 4. The minimum Gasteiger partial charge on any atom is -0.396 e. The fraction of sp³-hybridized carbons (Fsp3) is 0.750. The third-order valence-corrected chi connectivity index (χ3v) is 4.56. The smallest absolute Gasteiger partial charge is 0.396 e. The second-order valence-corrected chi connectivity index (χ2v) is 6.14. The second kappa shape index (κ2) is 5.76. The third-order valence-electron chi connectivity index (χ3n) is 3.54. The molecular weight excluding hydrogens is 277 g/mol. The first-order chi connectivity index (χ1) is 8.90. The van der Waals surface area contributed by atoms with Crippen molar-refractivity contribution < 1.29 is 18.3 Å². The zero-order valence-corrected chi connectivity index (χ0v) is 11.5. The van der Waals surface area contributed by atoms with Crippen molar-refractivity contribution in [3.63, 3.8) is 0 Å². The summed E-state index contributed by atoms with van der Waals surface area (Å²) in [7, 11) is 0. The Morgan fingerprint density at radius 2 is 2.26 bits per heavy atom. The van der Waals surface area contributed by atoms with Crippen molar-refractivity contribution in [3.8, 4) is 0 Å². The van der Waals surface area contributed by atoms with Crippen LogP contribution in [0.1, 0.15) is 29.7 Å². The number of aliphatic hydroxyl groups is 1. The SMILES string of the molecule is C[C@H]1C[C@@H](CO)CCN1Cc1cnc(C(F)(F)F)s1. The molecule has 1 aliphatic rings. The van der Waals surface area contributed by atoms with Crippen LogP contribution in [-0.4, -0.2) is 34.2 Å². The van der Waals surface area contributed by atoms with E-state index in [2.05, 4.69) is 9.88 Å². The first-order valence-corrected chi connectivity index (χ1v) is 7.08. The van der Waals surface area contributed by atoms with E-state index >= 15 is 0 Å². The molecule has 1 aliphatic heterocycles. The van der Waals surface area contributed by atoms with Gasteiger partial charge in [0.25, 0.3) is 0 Å². The highest BCUT2D eigenvalue weighted by atomic mass is 32.1. The first kappa shape index (κ1) is 14.7. The fourth-order valence-corrected chi connectivity index (χ4v) is 3.24. The summed E-state index contributed by atoms with van der Waals surface area (Å²) in [5.41, 5.74) is 0. The van der Waals surface area contributed by atoms with Crippen molar-refractivity contribution >= 4 is 11.3 Å². The molecule has 0 spiro atoms. The van der Waals surface area contributed by atoms with Gasteiger partial charge in [-0.1, -0.05) is 0 Å². The van der Waals surface area contributed by atoms with Gasteiger partial charge < -0.3 is 5.11 Å². The minimum absolute atomic E-state index is 0.191. The van der Waals surface area contributed by atoms with Crippen LogP contribution in [-0.2, 0) is 12.7 Å². The van der Waals surface area contributed by atoms with Crippen molar-refractivity contribution in [3.05, 3.63) is 16.1 Å². The van der Waals surface area contributed by atoms with Gasteiger partial charge in [-0.3, -0.25) is 4.90 Å². The van der Waals surface area contributed by atoms with Gasteiger partial charge in [0.1, 0.15) is 0 Å². The Morgan fingerprint density at radius 1 is 1.53 bits per heavy atom. The highest BCUT2D eigenvalue weighted by molar-refractivity contribution is 7.11. The first-order valence-electron chi connectivity index (χ1n) is 6.27. The maximum Gasteiger partial charge on any atom is 0.443 e. The fourth-order valence-electron chi connectivity index (χ4n) is 2.43. The van der Waals surface area contributed by atoms with Crippen molar-refractivity contribution in [2.24, 2.45) is 5.92 Å². The number of alkyl halides is 3. The molecule has 1 N–H and O–H groups in total. The Labute approximate surface area is 114 Å². The van der Waals surface area contributed by atoms with E-state index in [4.69, 9.17) is 5.11 Å². The average molecular weight is 294 g/mol. The largest absolute Gasteiger partial charge is 0.443 e. The van der Waals surface area contributed by atoms with Crippen LogP contribution < -0.4 is 0 Å². The number of aliphatic hydroxyl groups excluding tert-OH is 1. The summed E-state index contributed by atoms with van der Waals surface area (Å²) in [6.07, 6.45) is -1.25. The summed E-state index contributed by atoms with van der Waals surface area (Å²) in [5.74, 6) is 0.318. The number of halogens is 3. The zero-order valence-electron chi connectivity index (χ0n) is 10.7. The lowest BCUT2D eigenvalue weighted by Gasteiger charge is -2.36. The number of hydrogen-bond donors (Lipinski definition) is 1. The summed E-state index contributed by atoms with van der Waals surface area (Å²) >= 11 is 0.715. The van der Waals surface area contributed by atoms with Crippen LogP contribution in [0.15, 0.2) is 6.20 Å². The number of likely N-dealkylation sites (tertiary alicyclic amines) is 1. The van der Waals surface area contributed by atoms with Crippen LogP contribution >= 0.6 is 11.3 Å². The molecule has 1 aromatic heterocycles.